The molecule has 2 N–H and O–H groups in total. The number of anilines is 2. The summed E-state index contributed by atoms with van der Waals surface area (Å²) in [5.74, 6) is 0.328. The van der Waals surface area contributed by atoms with E-state index in [-0.39, 0.29) is 35.3 Å². The Balaban J connectivity index is 1.65. The molecule has 1 aromatic rings. The molecule has 2 saturated carbocycles. The summed E-state index contributed by atoms with van der Waals surface area (Å²) >= 11 is 0. The van der Waals surface area contributed by atoms with Crippen LogP contribution in [0.4, 0.5) is 11.6 Å². The number of carbonyl (C=O) groups is 2. The molecule has 1 heterocycles. The number of amides is 2. The van der Waals surface area contributed by atoms with Gasteiger partial charge in [-0.1, -0.05) is 0 Å². The molecular formula is C10H12N4O3. The highest BCUT2D eigenvalue weighted by Gasteiger charge is 2.33. The van der Waals surface area contributed by atoms with Crippen LogP contribution in [0.25, 0.3) is 0 Å². The van der Waals surface area contributed by atoms with Crippen molar-refractivity contribution in [1.82, 2.24) is 10.3 Å². The summed E-state index contributed by atoms with van der Waals surface area (Å²) in [6, 6.07) is 0. The van der Waals surface area contributed by atoms with Crippen molar-refractivity contribution in [2.75, 3.05) is 10.6 Å². The van der Waals surface area contributed by atoms with Gasteiger partial charge in [-0.05, 0) is 36.0 Å². The van der Waals surface area contributed by atoms with Gasteiger partial charge in [0, 0.05) is 11.8 Å². The predicted molar refractivity (Wildman–Crippen MR) is 57.0 cm³/mol. The van der Waals surface area contributed by atoms with E-state index >= 15 is 0 Å². The van der Waals surface area contributed by atoms with Gasteiger partial charge >= 0.3 is 0 Å². The van der Waals surface area contributed by atoms with Gasteiger partial charge in [-0.15, -0.1) is 0 Å². The van der Waals surface area contributed by atoms with Gasteiger partial charge in [0.15, 0.2) is 0 Å². The normalized spacial score (nSPS) is 18.8. The zero-order valence-corrected chi connectivity index (χ0v) is 9.10. The highest BCUT2D eigenvalue weighted by molar-refractivity contribution is 5.99. The zero-order chi connectivity index (χ0) is 11.8. The molecule has 7 heteroatoms. The molecule has 17 heavy (non-hydrogen) atoms. The van der Waals surface area contributed by atoms with Crippen LogP contribution in [0.5, 0.6) is 0 Å². The van der Waals surface area contributed by atoms with Crippen LogP contribution in [0, 0.1) is 11.8 Å². The maximum atomic E-state index is 11.5. The van der Waals surface area contributed by atoms with Crippen molar-refractivity contribution in [3.8, 4) is 0 Å². The van der Waals surface area contributed by atoms with Gasteiger partial charge in [0.25, 0.3) is 0 Å². The molecule has 7 nitrogen and oxygen atoms in total. The van der Waals surface area contributed by atoms with Crippen LogP contribution in [0.2, 0.25) is 0 Å². The molecule has 0 spiro atoms. The molecule has 2 amide bonds. The summed E-state index contributed by atoms with van der Waals surface area (Å²) in [4.78, 5) is 23.0. The lowest BCUT2D eigenvalue weighted by molar-refractivity contribution is -0.118. The van der Waals surface area contributed by atoms with Gasteiger partial charge in [0.05, 0.1) is 0 Å². The van der Waals surface area contributed by atoms with Crippen molar-refractivity contribution in [2.24, 2.45) is 11.8 Å². The van der Waals surface area contributed by atoms with E-state index in [1.165, 1.54) is 0 Å². The molecule has 1 aromatic heterocycles. The van der Waals surface area contributed by atoms with Gasteiger partial charge in [-0.2, -0.15) is 0 Å². The summed E-state index contributed by atoms with van der Waals surface area (Å²) < 4.78 is 4.52. The molecule has 2 fully saturated rings. The topological polar surface area (TPSA) is 97.1 Å². The Morgan fingerprint density at radius 2 is 1.35 bits per heavy atom. The predicted octanol–water partition coefficient (Wildman–Crippen LogP) is 0.767. The number of rotatable bonds is 4. The first-order chi connectivity index (χ1) is 8.24. The van der Waals surface area contributed by atoms with E-state index in [2.05, 4.69) is 25.6 Å². The fraction of sp³-hybridized carbons (Fsp3) is 0.600. The molecular weight excluding hydrogens is 224 g/mol. The fourth-order valence-electron chi connectivity index (χ4n) is 1.48. The summed E-state index contributed by atoms with van der Waals surface area (Å²) in [5, 5.41) is 12.3. The first kappa shape index (κ1) is 10.2. The molecule has 2 aliphatic carbocycles. The number of aromatic nitrogens is 2. The lowest BCUT2D eigenvalue weighted by Gasteiger charge is -2.02. The molecule has 0 aliphatic heterocycles. The SMILES string of the molecule is O=C(Nc1nonc1NC(=O)C1CC1)C1CC1. The molecule has 0 atom stereocenters. The number of hydrogen-bond donors (Lipinski definition) is 2. The van der Waals surface area contributed by atoms with Crippen LogP contribution in [-0.4, -0.2) is 22.1 Å². The second kappa shape index (κ2) is 3.83. The van der Waals surface area contributed by atoms with E-state index in [1.54, 1.807) is 0 Å². The number of nitrogens with one attached hydrogen (secondary N) is 2. The monoisotopic (exact) mass is 236 g/mol. The molecule has 0 aromatic carbocycles. The maximum Gasteiger partial charge on any atom is 0.228 e. The average Bonchev–Trinajstić information content (AvgIpc) is 3.18. The van der Waals surface area contributed by atoms with Crippen LogP contribution < -0.4 is 10.6 Å². The van der Waals surface area contributed by atoms with Crippen molar-refractivity contribution < 1.29 is 14.2 Å². The van der Waals surface area contributed by atoms with Crippen LogP contribution in [0.1, 0.15) is 25.7 Å². The summed E-state index contributed by atoms with van der Waals surface area (Å²) in [6.07, 6.45) is 3.61. The smallest absolute Gasteiger partial charge is 0.228 e. The quantitative estimate of drug-likeness (QED) is 0.804. The molecule has 0 bridgehead atoms. The minimum Gasteiger partial charge on any atom is -0.304 e. The molecule has 0 unspecified atom stereocenters. The number of nitrogens with zero attached hydrogens (tertiary/aromatic N) is 2. The third-order valence-corrected chi connectivity index (χ3v) is 2.87. The standard InChI is InChI=1S/C10H12N4O3/c15-9(5-1-2-5)11-7-8(14-17-13-7)12-10(16)6-3-4-6/h5-6H,1-4H2,(H,11,13,15)(H,12,14,16). The van der Waals surface area contributed by atoms with E-state index in [4.69, 9.17) is 0 Å². The van der Waals surface area contributed by atoms with Crippen molar-refractivity contribution in [2.45, 2.75) is 25.7 Å². The third kappa shape index (κ3) is 2.27. The minimum atomic E-state index is -0.0948. The summed E-state index contributed by atoms with van der Waals surface area (Å²) in [5.41, 5.74) is 0. The highest BCUT2D eigenvalue weighted by Crippen LogP contribution is 2.32. The van der Waals surface area contributed by atoms with E-state index in [0.717, 1.165) is 25.7 Å². The fourth-order valence-corrected chi connectivity index (χ4v) is 1.48. The molecule has 90 valence electrons. The van der Waals surface area contributed by atoms with Crippen molar-refractivity contribution >= 4 is 23.5 Å². The average molecular weight is 236 g/mol. The van der Waals surface area contributed by atoms with Gasteiger partial charge in [-0.3, -0.25) is 9.59 Å². The van der Waals surface area contributed by atoms with Gasteiger partial charge in [0.2, 0.25) is 23.5 Å². The van der Waals surface area contributed by atoms with Gasteiger partial charge in [0.1, 0.15) is 0 Å². The van der Waals surface area contributed by atoms with Crippen LogP contribution in [0.15, 0.2) is 4.63 Å². The Morgan fingerprint density at radius 1 is 0.941 bits per heavy atom. The van der Waals surface area contributed by atoms with E-state index in [0.29, 0.717) is 0 Å². The van der Waals surface area contributed by atoms with Crippen LogP contribution >= 0.6 is 0 Å². The van der Waals surface area contributed by atoms with Crippen molar-refractivity contribution in [1.29, 1.82) is 0 Å². The highest BCUT2D eigenvalue weighted by atomic mass is 16.6. The molecule has 0 radical (unpaired) electrons. The Hall–Kier alpha value is -1.92. The minimum absolute atomic E-state index is 0.0682. The first-order valence-corrected chi connectivity index (χ1v) is 5.68. The first-order valence-electron chi connectivity index (χ1n) is 5.68. The number of carbonyl (C=O) groups excluding carboxylic acids is 2. The Kier molecular flexibility index (Phi) is 2.31. The van der Waals surface area contributed by atoms with Gasteiger partial charge < -0.3 is 10.6 Å². The number of hydrogen-bond acceptors (Lipinski definition) is 5. The van der Waals surface area contributed by atoms with E-state index in [1.807, 2.05) is 0 Å². The van der Waals surface area contributed by atoms with Crippen LogP contribution in [-0.2, 0) is 9.59 Å². The summed E-state index contributed by atoms with van der Waals surface area (Å²) in [7, 11) is 0. The van der Waals surface area contributed by atoms with Crippen molar-refractivity contribution in [3.05, 3.63) is 0 Å². The second-order valence-corrected chi connectivity index (χ2v) is 4.49. The lowest BCUT2D eigenvalue weighted by atomic mass is 10.4. The maximum absolute atomic E-state index is 11.5. The van der Waals surface area contributed by atoms with Crippen molar-refractivity contribution in [3.63, 3.8) is 0 Å². The van der Waals surface area contributed by atoms with Gasteiger partial charge in [-0.25, -0.2) is 4.63 Å². The second-order valence-electron chi connectivity index (χ2n) is 4.49. The Labute approximate surface area is 96.9 Å². The Morgan fingerprint density at radius 3 is 1.71 bits per heavy atom. The summed E-state index contributed by atoms with van der Waals surface area (Å²) in [6.45, 7) is 0. The molecule has 3 rings (SSSR count). The molecule has 2 aliphatic rings. The lowest BCUT2D eigenvalue weighted by Crippen LogP contribution is -2.18. The van der Waals surface area contributed by atoms with E-state index in [9.17, 15) is 9.59 Å². The largest absolute Gasteiger partial charge is 0.304 e. The third-order valence-electron chi connectivity index (χ3n) is 2.87. The van der Waals surface area contributed by atoms with E-state index < -0.39 is 0 Å². The molecule has 0 saturated heterocycles. The zero-order valence-electron chi connectivity index (χ0n) is 9.10. The Bertz CT molecular complexity index is 421. The van der Waals surface area contributed by atoms with Crippen LogP contribution in [0.3, 0.4) is 0 Å².